The van der Waals surface area contributed by atoms with Crippen molar-refractivity contribution in [3.05, 3.63) is 48.2 Å². The van der Waals surface area contributed by atoms with Crippen LogP contribution in [-0.4, -0.2) is 43.3 Å². The summed E-state index contributed by atoms with van der Waals surface area (Å²) in [6, 6.07) is 8.57. The fourth-order valence-electron chi connectivity index (χ4n) is 2.43. The molecule has 2 aromatic heterocycles. The molecular weight excluding hydrogens is 374 g/mol. The van der Waals surface area contributed by atoms with Crippen molar-refractivity contribution in [1.29, 1.82) is 0 Å². The molecule has 0 aliphatic carbocycles. The number of hydrogen-bond acceptors (Lipinski definition) is 8. The van der Waals surface area contributed by atoms with E-state index in [9.17, 15) is 8.42 Å². The molecule has 0 unspecified atom stereocenters. The van der Waals surface area contributed by atoms with Crippen LogP contribution in [-0.2, 0) is 23.1 Å². The van der Waals surface area contributed by atoms with E-state index in [0.29, 0.717) is 22.8 Å². The molecule has 0 saturated heterocycles. The van der Waals surface area contributed by atoms with E-state index >= 15 is 0 Å². The fourth-order valence-corrected chi connectivity index (χ4v) is 3.14. The third-order valence-corrected chi connectivity index (χ3v) is 5.01. The van der Waals surface area contributed by atoms with Crippen LogP contribution < -0.4 is 9.47 Å². The normalized spacial score (nSPS) is 11.7. The molecule has 1 aromatic carbocycles. The molecular formula is C17H19N3O6S. The second-order valence-electron chi connectivity index (χ2n) is 5.69. The highest BCUT2D eigenvalue weighted by Crippen LogP contribution is 2.31. The van der Waals surface area contributed by atoms with Crippen molar-refractivity contribution in [2.24, 2.45) is 0 Å². The van der Waals surface area contributed by atoms with Crippen LogP contribution in [0.4, 0.5) is 0 Å². The zero-order valence-electron chi connectivity index (χ0n) is 15.1. The van der Waals surface area contributed by atoms with Crippen LogP contribution in [0.5, 0.6) is 11.5 Å². The lowest BCUT2D eigenvalue weighted by molar-refractivity contribution is 0.299. The van der Waals surface area contributed by atoms with Gasteiger partial charge in [0.2, 0.25) is 21.7 Å². The lowest BCUT2D eigenvalue weighted by Gasteiger charge is -2.16. The minimum Gasteiger partial charge on any atom is -0.497 e. The van der Waals surface area contributed by atoms with Crippen LogP contribution in [0.3, 0.4) is 0 Å². The third-order valence-electron chi connectivity index (χ3n) is 3.81. The second kappa shape index (κ2) is 7.80. The highest BCUT2D eigenvalue weighted by Gasteiger charge is 2.23. The van der Waals surface area contributed by atoms with Crippen molar-refractivity contribution in [2.45, 2.75) is 13.1 Å². The van der Waals surface area contributed by atoms with Gasteiger partial charge < -0.3 is 18.4 Å². The zero-order chi connectivity index (χ0) is 19.4. The maximum Gasteiger partial charge on any atom is 0.242 e. The van der Waals surface area contributed by atoms with Gasteiger partial charge in [-0.05, 0) is 24.3 Å². The van der Waals surface area contributed by atoms with Gasteiger partial charge in [-0.15, -0.1) is 0 Å². The van der Waals surface area contributed by atoms with Gasteiger partial charge in [0.1, 0.15) is 17.3 Å². The van der Waals surface area contributed by atoms with Gasteiger partial charge in [0.05, 0.1) is 45.4 Å². The standard InChI is InChI=1S/C17H19N3O6S/c1-23-12-6-7-14(15(9-12)24-2)17-18-16(26-19-17)11-20(27(3,21)22)10-13-5-4-8-25-13/h4-9H,10-11H2,1-3H3. The summed E-state index contributed by atoms with van der Waals surface area (Å²) in [5.41, 5.74) is 0.602. The third kappa shape index (κ3) is 4.47. The molecule has 0 spiro atoms. The molecule has 0 bridgehead atoms. The minimum atomic E-state index is -3.51. The van der Waals surface area contributed by atoms with E-state index in [2.05, 4.69) is 10.1 Å². The highest BCUT2D eigenvalue weighted by molar-refractivity contribution is 7.88. The molecule has 0 N–H and O–H groups in total. The van der Waals surface area contributed by atoms with Crippen LogP contribution >= 0.6 is 0 Å². The average Bonchev–Trinajstić information content (AvgIpc) is 3.32. The van der Waals surface area contributed by atoms with E-state index in [4.69, 9.17) is 18.4 Å². The molecule has 0 aliphatic rings. The first kappa shape index (κ1) is 18.9. The number of aromatic nitrogens is 2. The van der Waals surface area contributed by atoms with Crippen LogP contribution in [0.25, 0.3) is 11.4 Å². The average molecular weight is 393 g/mol. The summed E-state index contributed by atoms with van der Waals surface area (Å²) in [5, 5.41) is 3.93. The number of ether oxygens (including phenoxy) is 2. The number of methoxy groups -OCH3 is 2. The molecule has 144 valence electrons. The summed E-state index contributed by atoms with van der Waals surface area (Å²) >= 11 is 0. The Labute approximate surface area is 156 Å². The summed E-state index contributed by atoms with van der Waals surface area (Å²) in [5.74, 6) is 2.09. The number of sulfonamides is 1. The van der Waals surface area contributed by atoms with Gasteiger partial charge >= 0.3 is 0 Å². The lowest BCUT2D eigenvalue weighted by Crippen LogP contribution is -2.29. The van der Waals surface area contributed by atoms with Gasteiger partial charge in [0.15, 0.2) is 0 Å². The molecule has 3 aromatic rings. The molecule has 3 rings (SSSR count). The Morgan fingerprint density at radius 1 is 1.15 bits per heavy atom. The Morgan fingerprint density at radius 3 is 2.59 bits per heavy atom. The zero-order valence-corrected chi connectivity index (χ0v) is 15.9. The van der Waals surface area contributed by atoms with Crippen molar-refractivity contribution >= 4 is 10.0 Å². The van der Waals surface area contributed by atoms with Crippen LogP contribution in [0, 0.1) is 0 Å². The Morgan fingerprint density at radius 2 is 1.96 bits per heavy atom. The molecule has 2 heterocycles. The molecule has 9 nitrogen and oxygen atoms in total. The highest BCUT2D eigenvalue weighted by atomic mass is 32.2. The number of hydrogen-bond donors (Lipinski definition) is 0. The SMILES string of the molecule is COc1ccc(-c2noc(CN(Cc3ccco3)S(C)(=O)=O)n2)c(OC)c1. The van der Waals surface area contributed by atoms with Gasteiger partial charge in [0.25, 0.3) is 0 Å². The van der Waals surface area contributed by atoms with Gasteiger partial charge in [-0.1, -0.05) is 5.16 Å². The van der Waals surface area contributed by atoms with Crippen molar-refractivity contribution in [3.63, 3.8) is 0 Å². The van der Waals surface area contributed by atoms with E-state index in [0.717, 1.165) is 6.26 Å². The number of benzene rings is 1. The molecule has 0 atom stereocenters. The van der Waals surface area contributed by atoms with Gasteiger partial charge in [-0.3, -0.25) is 0 Å². The Balaban J connectivity index is 1.84. The Kier molecular flexibility index (Phi) is 5.47. The Hall–Kier alpha value is -2.85. The maximum absolute atomic E-state index is 12.1. The molecule has 10 heteroatoms. The molecule has 0 saturated carbocycles. The minimum absolute atomic E-state index is 0.0649. The maximum atomic E-state index is 12.1. The topological polar surface area (TPSA) is 108 Å². The molecule has 0 aliphatic heterocycles. The number of rotatable bonds is 8. The van der Waals surface area contributed by atoms with Gasteiger partial charge in [-0.25, -0.2) is 8.42 Å². The fraction of sp³-hybridized carbons (Fsp3) is 0.294. The van der Waals surface area contributed by atoms with Crippen molar-refractivity contribution in [2.75, 3.05) is 20.5 Å². The first-order valence-electron chi connectivity index (χ1n) is 7.93. The predicted molar refractivity (Wildman–Crippen MR) is 95.6 cm³/mol. The van der Waals surface area contributed by atoms with E-state index < -0.39 is 10.0 Å². The van der Waals surface area contributed by atoms with Crippen LogP contribution in [0.15, 0.2) is 45.5 Å². The molecule has 0 fully saturated rings. The van der Waals surface area contributed by atoms with Crippen LogP contribution in [0.2, 0.25) is 0 Å². The lowest BCUT2D eigenvalue weighted by atomic mass is 10.2. The van der Waals surface area contributed by atoms with Crippen molar-refractivity contribution in [3.8, 4) is 22.9 Å². The van der Waals surface area contributed by atoms with Gasteiger partial charge in [0, 0.05) is 6.07 Å². The van der Waals surface area contributed by atoms with E-state index in [1.54, 1.807) is 37.4 Å². The first-order valence-corrected chi connectivity index (χ1v) is 9.78. The largest absolute Gasteiger partial charge is 0.497 e. The summed E-state index contributed by atoms with van der Waals surface area (Å²) < 4.78 is 46.3. The second-order valence-corrected chi connectivity index (χ2v) is 7.67. The van der Waals surface area contributed by atoms with Gasteiger partial charge in [-0.2, -0.15) is 9.29 Å². The summed E-state index contributed by atoms with van der Waals surface area (Å²) in [4.78, 5) is 4.29. The quantitative estimate of drug-likeness (QED) is 0.574. The summed E-state index contributed by atoms with van der Waals surface area (Å²) in [7, 11) is -0.435. The van der Waals surface area contributed by atoms with Crippen molar-refractivity contribution in [1.82, 2.24) is 14.4 Å². The summed E-state index contributed by atoms with van der Waals surface area (Å²) in [6.07, 6.45) is 2.59. The predicted octanol–water partition coefficient (Wildman–Crippen LogP) is 2.31. The molecule has 0 radical (unpaired) electrons. The molecule has 0 amide bonds. The van der Waals surface area contributed by atoms with Crippen LogP contribution in [0.1, 0.15) is 11.7 Å². The molecule has 27 heavy (non-hydrogen) atoms. The number of furan rings is 1. The van der Waals surface area contributed by atoms with E-state index in [1.807, 2.05) is 0 Å². The van der Waals surface area contributed by atoms with E-state index in [1.165, 1.54) is 17.7 Å². The monoisotopic (exact) mass is 393 g/mol. The number of nitrogens with zero attached hydrogens (tertiary/aromatic N) is 3. The summed E-state index contributed by atoms with van der Waals surface area (Å²) in [6.45, 7) is -0.0135. The van der Waals surface area contributed by atoms with Crippen molar-refractivity contribution < 1.29 is 26.8 Å². The smallest absolute Gasteiger partial charge is 0.242 e. The Bertz CT molecular complexity index is 998. The first-order chi connectivity index (χ1) is 12.9. The van der Waals surface area contributed by atoms with E-state index in [-0.39, 0.29) is 24.8 Å².